The Morgan fingerprint density at radius 3 is 2.78 bits per heavy atom. The van der Waals surface area contributed by atoms with Crippen molar-refractivity contribution in [2.75, 3.05) is 0 Å². The fourth-order valence-electron chi connectivity index (χ4n) is 1.87. The van der Waals surface area contributed by atoms with Gasteiger partial charge in [0.2, 0.25) is 0 Å². The van der Waals surface area contributed by atoms with Crippen LogP contribution in [0.15, 0.2) is 49.1 Å². The van der Waals surface area contributed by atoms with Gasteiger partial charge in [-0.05, 0) is 12.1 Å². The molecule has 2 aromatic heterocycles. The summed E-state index contributed by atoms with van der Waals surface area (Å²) < 4.78 is 1.69. The minimum Gasteiger partial charge on any atom is -0.476 e. The van der Waals surface area contributed by atoms with Crippen LogP contribution in [0.4, 0.5) is 0 Å². The third-order valence-electron chi connectivity index (χ3n) is 2.71. The lowest BCUT2D eigenvalue weighted by atomic mass is 10.2. The van der Waals surface area contributed by atoms with Crippen LogP contribution >= 0.6 is 0 Å². The highest BCUT2D eigenvalue weighted by atomic mass is 16.4. The van der Waals surface area contributed by atoms with E-state index in [2.05, 4.69) is 9.97 Å². The lowest BCUT2D eigenvalue weighted by Crippen LogP contribution is -1.96. The molecule has 0 amide bonds. The molecule has 2 heterocycles. The molecule has 5 heteroatoms. The molecular weight excluding hydrogens is 230 g/mol. The van der Waals surface area contributed by atoms with Crippen molar-refractivity contribution >= 4 is 16.9 Å². The predicted molar refractivity (Wildman–Crippen MR) is 65.8 cm³/mol. The molecule has 0 saturated carbocycles. The van der Waals surface area contributed by atoms with Crippen molar-refractivity contribution in [2.45, 2.75) is 0 Å². The number of hydrogen-bond donors (Lipinski definition) is 1. The normalized spacial score (nSPS) is 10.7. The molecule has 0 aliphatic carbocycles. The number of fused-ring (bicyclic) bond motifs is 1. The summed E-state index contributed by atoms with van der Waals surface area (Å²) in [5, 5.41) is 9.82. The van der Waals surface area contributed by atoms with Crippen molar-refractivity contribution in [3.05, 3.63) is 54.7 Å². The van der Waals surface area contributed by atoms with Gasteiger partial charge in [-0.1, -0.05) is 18.2 Å². The third kappa shape index (κ3) is 1.62. The highest BCUT2D eigenvalue weighted by Gasteiger charge is 2.09. The van der Waals surface area contributed by atoms with Gasteiger partial charge >= 0.3 is 5.97 Å². The summed E-state index contributed by atoms with van der Waals surface area (Å²) in [6, 6.07) is 9.51. The molecule has 3 aromatic rings. The molecular formula is C13H9N3O2. The van der Waals surface area contributed by atoms with Crippen molar-refractivity contribution in [2.24, 2.45) is 0 Å². The molecule has 1 N–H and O–H groups in total. The van der Waals surface area contributed by atoms with E-state index < -0.39 is 5.97 Å². The van der Waals surface area contributed by atoms with Gasteiger partial charge in [-0.3, -0.25) is 4.98 Å². The van der Waals surface area contributed by atoms with Crippen LogP contribution in [0.1, 0.15) is 10.5 Å². The molecule has 5 nitrogen and oxygen atoms in total. The van der Waals surface area contributed by atoms with Crippen LogP contribution in [0.5, 0.6) is 0 Å². The Kier molecular flexibility index (Phi) is 2.30. The van der Waals surface area contributed by atoms with E-state index in [4.69, 9.17) is 5.11 Å². The molecule has 1 aromatic carbocycles. The van der Waals surface area contributed by atoms with Gasteiger partial charge in [-0.25, -0.2) is 9.78 Å². The molecule has 0 fully saturated rings. The van der Waals surface area contributed by atoms with Crippen molar-refractivity contribution in [1.29, 1.82) is 0 Å². The summed E-state index contributed by atoms with van der Waals surface area (Å²) in [6.45, 7) is 0. The molecule has 0 aliphatic heterocycles. The lowest BCUT2D eigenvalue weighted by Gasteiger charge is -2.05. The Balaban J connectivity index is 2.21. The van der Waals surface area contributed by atoms with E-state index in [-0.39, 0.29) is 5.69 Å². The van der Waals surface area contributed by atoms with Gasteiger partial charge in [0.15, 0.2) is 5.69 Å². The van der Waals surface area contributed by atoms with E-state index in [9.17, 15) is 4.79 Å². The number of para-hydroxylation sites is 1. The van der Waals surface area contributed by atoms with Crippen molar-refractivity contribution in [1.82, 2.24) is 14.5 Å². The minimum absolute atomic E-state index is 0.0240. The first-order valence-corrected chi connectivity index (χ1v) is 5.37. The van der Waals surface area contributed by atoms with Gasteiger partial charge in [0.05, 0.1) is 11.2 Å². The first-order chi connectivity index (χ1) is 8.75. The van der Waals surface area contributed by atoms with E-state index in [0.29, 0.717) is 0 Å². The van der Waals surface area contributed by atoms with E-state index >= 15 is 0 Å². The number of aromatic nitrogens is 3. The molecule has 0 bridgehead atoms. The highest BCUT2D eigenvalue weighted by Crippen LogP contribution is 2.20. The maximum atomic E-state index is 10.8. The van der Waals surface area contributed by atoms with Crippen molar-refractivity contribution < 1.29 is 9.90 Å². The van der Waals surface area contributed by atoms with Crippen LogP contribution in [0.2, 0.25) is 0 Å². The van der Waals surface area contributed by atoms with Crippen molar-refractivity contribution in [3.8, 4) is 5.69 Å². The first kappa shape index (κ1) is 10.5. The fraction of sp³-hybridized carbons (Fsp3) is 0. The molecule has 0 atom stereocenters. The van der Waals surface area contributed by atoms with Crippen molar-refractivity contribution in [3.63, 3.8) is 0 Å². The van der Waals surface area contributed by atoms with Crippen LogP contribution in [0, 0.1) is 0 Å². The lowest BCUT2D eigenvalue weighted by molar-refractivity contribution is 0.0691. The molecule has 0 saturated heterocycles. The highest BCUT2D eigenvalue weighted by molar-refractivity contribution is 5.88. The standard InChI is InChI=1S/C13H9N3O2/c17-13(18)11-7-16(8-15-11)12-5-6-14-10-4-2-1-3-9(10)12/h1-8H,(H,17,18). The molecule has 0 radical (unpaired) electrons. The van der Waals surface area contributed by atoms with E-state index in [1.54, 1.807) is 10.8 Å². The zero-order chi connectivity index (χ0) is 12.5. The molecule has 3 rings (SSSR count). The quantitative estimate of drug-likeness (QED) is 0.743. The maximum absolute atomic E-state index is 10.8. The van der Waals surface area contributed by atoms with Crippen LogP contribution in [0.3, 0.4) is 0 Å². The van der Waals surface area contributed by atoms with E-state index in [0.717, 1.165) is 16.6 Å². The summed E-state index contributed by atoms with van der Waals surface area (Å²) in [5.41, 5.74) is 1.75. The first-order valence-electron chi connectivity index (χ1n) is 5.37. The van der Waals surface area contributed by atoms with Gasteiger partial charge in [0.1, 0.15) is 6.33 Å². The van der Waals surface area contributed by atoms with Gasteiger partial charge < -0.3 is 9.67 Å². The summed E-state index contributed by atoms with van der Waals surface area (Å²) in [5.74, 6) is -1.04. The molecule has 0 unspecified atom stereocenters. The average molecular weight is 239 g/mol. The maximum Gasteiger partial charge on any atom is 0.356 e. The summed E-state index contributed by atoms with van der Waals surface area (Å²) >= 11 is 0. The number of aromatic carboxylic acids is 1. The zero-order valence-corrected chi connectivity index (χ0v) is 9.32. The Morgan fingerprint density at radius 1 is 1.17 bits per heavy atom. The van der Waals surface area contributed by atoms with Gasteiger partial charge in [0, 0.05) is 17.8 Å². The van der Waals surface area contributed by atoms with Gasteiger partial charge in [-0.2, -0.15) is 0 Å². The second-order valence-corrected chi connectivity index (χ2v) is 3.82. The summed E-state index contributed by atoms with van der Waals surface area (Å²) in [7, 11) is 0. The monoisotopic (exact) mass is 239 g/mol. The van der Waals surface area contributed by atoms with E-state index in [1.807, 2.05) is 30.3 Å². The number of nitrogens with zero attached hydrogens (tertiary/aromatic N) is 3. The topological polar surface area (TPSA) is 68.0 Å². The number of pyridine rings is 1. The fourth-order valence-corrected chi connectivity index (χ4v) is 1.87. The SMILES string of the molecule is O=C(O)c1cn(-c2ccnc3ccccc23)cn1. The number of hydrogen-bond acceptors (Lipinski definition) is 3. The zero-order valence-electron chi connectivity index (χ0n) is 9.32. The Bertz CT molecular complexity index is 728. The largest absolute Gasteiger partial charge is 0.476 e. The van der Waals surface area contributed by atoms with E-state index in [1.165, 1.54) is 12.5 Å². The summed E-state index contributed by atoms with van der Waals surface area (Å²) in [4.78, 5) is 18.9. The molecule has 18 heavy (non-hydrogen) atoms. The van der Waals surface area contributed by atoms with Crippen LogP contribution in [-0.2, 0) is 0 Å². The second-order valence-electron chi connectivity index (χ2n) is 3.82. The Hall–Kier alpha value is -2.69. The average Bonchev–Trinajstić information content (AvgIpc) is 2.87. The third-order valence-corrected chi connectivity index (χ3v) is 2.71. The Labute approximate surface area is 102 Å². The van der Waals surface area contributed by atoms with Crippen LogP contribution in [-0.4, -0.2) is 25.6 Å². The number of imidazole rings is 1. The number of rotatable bonds is 2. The number of benzene rings is 1. The van der Waals surface area contributed by atoms with Gasteiger partial charge in [0.25, 0.3) is 0 Å². The predicted octanol–water partition coefficient (Wildman–Crippen LogP) is 2.12. The molecule has 0 spiro atoms. The second kappa shape index (κ2) is 3.96. The Morgan fingerprint density at radius 2 is 2.00 bits per heavy atom. The van der Waals surface area contributed by atoms with Gasteiger partial charge in [-0.15, -0.1) is 0 Å². The summed E-state index contributed by atoms with van der Waals surface area (Å²) in [6.07, 6.45) is 4.67. The number of carboxylic acids is 1. The molecule has 0 aliphatic rings. The smallest absolute Gasteiger partial charge is 0.356 e. The van der Waals surface area contributed by atoms with Crippen LogP contribution < -0.4 is 0 Å². The van der Waals surface area contributed by atoms with Crippen LogP contribution in [0.25, 0.3) is 16.6 Å². The number of carboxylic acid groups (broad SMARTS) is 1. The number of carbonyl (C=O) groups is 1. The minimum atomic E-state index is -1.04. The molecule has 88 valence electrons.